The van der Waals surface area contributed by atoms with Crippen molar-refractivity contribution < 1.29 is 14.1 Å². The van der Waals surface area contributed by atoms with E-state index in [1.165, 1.54) is 30.7 Å². The van der Waals surface area contributed by atoms with Gasteiger partial charge in [-0.1, -0.05) is 19.1 Å². The van der Waals surface area contributed by atoms with E-state index in [2.05, 4.69) is 11.9 Å². The van der Waals surface area contributed by atoms with E-state index in [1.807, 2.05) is 24.3 Å². The van der Waals surface area contributed by atoms with Crippen LogP contribution in [0, 0.1) is 10.1 Å². The SMILES string of the molecule is CCc1ccc(N=c2oc3ccc([N+](=O)[O-])cc3cc2C(C)=O)cc1. The molecule has 0 spiro atoms. The second-order valence-electron chi connectivity index (χ2n) is 5.63. The third kappa shape index (κ3) is 3.47. The largest absolute Gasteiger partial charge is 0.438 e. The Bertz CT molecular complexity index is 1030. The monoisotopic (exact) mass is 336 g/mol. The summed E-state index contributed by atoms with van der Waals surface area (Å²) >= 11 is 0. The van der Waals surface area contributed by atoms with Crippen molar-refractivity contribution in [2.24, 2.45) is 4.99 Å². The summed E-state index contributed by atoms with van der Waals surface area (Å²) in [7, 11) is 0. The van der Waals surface area contributed by atoms with Gasteiger partial charge < -0.3 is 4.42 Å². The quantitative estimate of drug-likeness (QED) is 0.403. The minimum atomic E-state index is -0.486. The summed E-state index contributed by atoms with van der Waals surface area (Å²) in [4.78, 5) is 26.8. The zero-order chi connectivity index (χ0) is 18.0. The van der Waals surface area contributed by atoms with E-state index in [4.69, 9.17) is 4.42 Å². The van der Waals surface area contributed by atoms with Gasteiger partial charge in [0.1, 0.15) is 5.58 Å². The maximum Gasteiger partial charge on any atom is 0.270 e. The van der Waals surface area contributed by atoms with Crippen molar-refractivity contribution in [2.45, 2.75) is 20.3 Å². The molecule has 0 saturated heterocycles. The lowest BCUT2D eigenvalue weighted by Gasteiger charge is -2.03. The minimum Gasteiger partial charge on any atom is -0.438 e. The highest BCUT2D eigenvalue weighted by molar-refractivity contribution is 5.96. The fourth-order valence-electron chi connectivity index (χ4n) is 2.49. The number of hydrogen-bond donors (Lipinski definition) is 0. The Hall–Kier alpha value is -3.28. The Balaban J connectivity index is 2.20. The van der Waals surface area contributed by atoms with E-state index in [9.17, 15) is 14.9 Å². The molecule has 3 rings (SSSR count). The van der Waals surface area contributed by atoms with Crippen LogP contribution in [-0.4, -0.2) is 10.7 Å². The van der Waals surface area contributed by atoms with Gasteiger partial charge in [0.2, 0.25) is 5.55 Å². The molecule has 1 heterocycles. The van der Waals surface area contributed by atoms with Crippen LogP contribution in [0.1, 0.15) is 29.8 Å². The smallest absolute Gasteiger partial charge is 0.270 e. The number of hydrogen-bond acceptors (Lipinski definition) is 5. The first-order chi connectivity index (χ1) is 12.0. The van der Waals surface area contributed by atoms with Gasteiger partial charge in [0.25, 0.3) is 5.69 Å². The van der Waals surface area contributed by atoms with Crippen LogP contribution in [0.4, 0.5) is 11.4 Å². The van der Waals surface area contributed by atoms with Crippen LogP contribution < -0.4 is 5.55 Å². The number of carbonyl (C=O) groups excluding carboxylic acids is 1. The topological polar surface area (TPSA) is 85.7 Å². The van der Waals surface area contributed by atoms with Crippen LogP contribution in [0.3, 0.4) is 0 Å². The van der Waals surface area contributed by atoms with Crippen LogP contribution >= 0.6 is 0 Å². The molecule has 0 atom stereocenters. The first-order valence-corrected chi connectivity index (χ1v) is 7.85. The van der Waals surface area contributed by atoms with E-state index in [0.29, 0.717) is 16.7 Å². The van der Waals surface area contributed by atoms with Crippen molar-refractivity contribution >= 4 is 28.1 Å². The van der Waals surface area contributed by atoms with E-state index in [0.717, 1.165) is 6.42 Å². The fraction of sp³-hybridized carbons (Fsp3) is 0.158. The third-order valence-electron chi connectivity index (χ3n) is 3.90. The van der Waals surface area contributed by atoms with Crippen molar-refractivity contribution in [1.29, 1.82) is 0 Å². The second kappa shape index (κ2) is 6.68. The number of carbonyl (C=O) groups is 1. The summed E-state index contributed by atoms with van der Waals surface area (Å²) in [5, 5.41) is 11.4. The lowest BCUT2D eigenvalue weighted by atomic mass is 10.1. The van der Waals surface area contributed by atoms with Gasteiger partial charge in [-0.15, -0.1) is 0 Å². The van der Waals surface area contributed by atoms with E-state index >= 15 is 0 Å². The molecule has 25 heavy (non-hydrogen) atoms. The maximum absolute atomic E-state index is 12.0. The Morgan fingerprint density at radius 1 is 1.16 bits per heavy atom. The molecule has 0 saturated carbocycles. The molecule has 0 aliphatic rings. The van der Waals surface area contributed by atoms with Crippen LogP contribution in [0.5, 0.6) is 0 Å². The number of rotatable bonds is 4. The van der Waals surface area contributed by atoms with Crippen molar-refractivity contribution in [1.82, 2.24) is 0 Å². The molecule has 0 aliphatic carbocycles. The van der Waals surface area contributed by atoms with Crippen molar-refractivity contribution in [2.75, 3.05) is 0 Å². The zero-order valence-electron chi connectivity index (χ0n) is 13.9. The highest BCUT2D eigenvalue weighted by Gasteiger charge is 2.12. The van der Waals surface area contributed by atoms with Gasteiger partial charge in [0.05, 0.1) is 16.2 Å². The molecular weight excluding hydrogens is 320 g/mol. The van der Waals surface area contributed by atoms with Crippen LogP contribution in [-0.2, 0) is 6.42 Å². The number of Topliss-reactive ketones (excluding diaryl/α,β-unsaturated/α-hetero) is 1. The number of non-ortho nitro benzene ring substituents is 1. The van der Waals surface area contributed by atoms with Gasteiger partial charge in [-0.3, -0.25) is 14.9 Å². The molecule has 0 N–H and O–H groups in total. The van der Waals surface area contributed by atoms with E-state index < -0.39 is 4.92 Å². The first kappa shape index (κ1) is 16.6. The fourth-order valence-corrected chi connectivity index (χ4v) is 2.49. The van der Waals surface area contributed by atoms with Gasteiger partial charge in [-0.2, -0.15) is 0 Å². The molecule has 1 aromatic heterocycles. The van der Waals surface area contributed by atoms with Gasteiger partial charge >= 0.3 is 0 Å². The highest BCUT2D eigenvalue weighted by atomic mass is 16.6. The van der Waals surface area contributed by atoms with Gasteiger partial charge in [0.15, 0.2) is 5.78 Å². The Kier molecular flexibility index (Phi) is 4.43. The molecule has 0 fully saturated rings. The number of benzene rings is 2. The average Bonchev–Trinajstić information content (AvgIpc) is 2.61. The van der Waals surface area contributed by atoms with Crippen LogP contribution in [0.2, 0.25) is 0 Å². The molecule has 6 heteroatoms. The molecular formula is C19H16N2O4. The summed E-state index contributed by atoms with van der Waals surface area (Å²) in [5.41, 5.74) is 2.71. The summed E-state index contributed by atoms with van der Waals surface area (Å²) in [6, 6.07) is 13.5. The molecule has 0 amide bonds. The molecule has 6 nitrogen and oxygen atoms in total. The van der Waals surface area contributed by atoms with E-state index in [1.54, 1.807) is 6.07 Å². The van der Waals surface area contributed by atoms with Gasteiger partial charge in [-0.25, -0.2) is 4.99 Å². The average molecular weight is 336 g/mol. The number of nitro groups is 1. The highest BCUT2D eigenvalue weighted by Crippen LogP contribution is 2.21. The maximum atomic E-state index is 12.0. The molecule has 0 radical (unpaired) electrons. The first-order valence-electron chi connectivity index (χ1n) is 7.85. The Morgan fingerprint density at radius 2 is 1.88 bits per heavy atom. The summed E-state index contributed by atoms with van der Waals surface area (Å²) in [5.74, 6) is -0.221. The Labute approximate surface area is 143 Å². The second-order valence-corrected chi connectivity index (χ2v) is 5.63. The predicted octanol–water partition coefficient (Wildman–Crippen LogP) is 4.34. The molecule has 0 unspecified atom stereocenters. The van der Waals surface area contributed by atoms with Crippen molar-refractivity contribution in [3.8, 4) is 0 Å². The predicted molar refractivity (Wildman–Crippen MR) is 93.9 cm³/mol. The molecule has 2 aromatic carbocycles. The van der Waals surface area contributed by atoms with Crippen LogP contribution in [0.25, 0.3) is 11.0 Å². The summed E-state index contributed by atoms with van der Waals surface area (Å²) in [6.45, 7) is 3.48. The van der Waals surface area contributed by atoms with Gasteiger partial charge in [0, 0.05) is 17.5 Å². The minimum absolute atomic E-state index is 0.0583. The number of ketones is 1. The molecule has 3 aromatic rings. The standard InChI is InChI=1S/C19H16N2O4/c1-3-13-4-6-15(7-5-13)20-19-17(12(2)22)11-14-10-16(21(23)24)8-9-18(14)25-19/h4-11H,3H2,1-2H3. The molecule has 0 aliphatic heterocycles. The van der Waals surface area contributed by atoms with Gasteiger partial charge in [-0.05, 0) is 43.2 Å². The van der Waals surface area contributed by atoms with Crippen molar-refractivity contribution in [3.05, 3.63) is 75.3 Å². The number of fused-ring (bicyclic) bond motifs is 1. The number of nitrogens with zero attached hydrogens (tertiary/aromatic N) is 2. The molecule has 126 valence electrons. The lowest BCUT2D eigenvalue weighted by molar-refractivity contribution is -0.384. The number of nitro benzene ring substituents is 1. The summed E-state index contributed by atoms with van der Waals surface area (Å²) < 4.78 is 5.74. The lowest BCUT2D eigenvalue weighted by Crippen LogP contribution is -2.13. The van der Waals surface area contributed by atoms with Crippen molar-refractivity contribution in [3.63, 3.8) is 0 Å². The zero-order valence-corrected chi connectivity index (χ0v) is 13.9. The molecule has 0 bridgehead atoms. The third-order valence-corrected chi connectivity index (χ3v) is 3.90. The normalized spacial score (nSPS) is 11.7. The van der Waals surface area contributed by atoms with Crippen LogP contribution in [0.15, 0.2) is 57.9 Å². The Morgan fingerprint density at radius 3 is 2.48 bits per heavy atom. The van der Waals surface area contributed by atoms with E-state index in [-0.39, 0.29) is 22.6 Å². The summed E-state index contributed by atoms with van der Waals surface area (Å²) in [6.07, 6.45) is 0.929. The number of aryl methyl sites for hydroxylation is 1.